The van der Waals surface area contributed by atoms with Gasteiger partial charge in [-0.15, -0.1) is 0 Å². The Balaban J connectivity index is 2.81. The van der Waals surface area contributed by atoms with E-state index in [0.29, 0.717) is 12.1 Å². The summed E-state index contributed by atoms with van der Waals surface area (Å²) < 4.78 is 26.0. The number of aliphatic hydroxyl groups excluding tert-OH is 1. The molecule has 1 atom stereocenters. The van der Waals surface area contributed by atoms with E-state index in [1.54, 1.807) is 0 Å². The molecule has 1 rings (SSSR count). The van der Waals surface area contributed by atoms with E-state index in [2.05, 4.69) is 5.32 Å². The summed E-state index contributed by atoms with van der Waals surface area (Å²) in [6, 6.07) is 2.95. The summed E-state index contributed by atoms with van der Waals surface area (Å²) >= 11 is 0. The molecule has 0 aliphatic heterocycles. The SMILES string of the molecule is NCC(NCCO)c1ccc(F)cc1F. The third kappa shape index (κ3) is 3.23. The molecule has 0 spiro atoms. The Labute approximate surface area is 86.9 Å². The predicted octanol–water partition coefficient (Wildman–Crippen LogP) is 0.547. The monoisotopic (exact) mass is 216 g/mol. The van der Waals surface area contributed by atoms with Crippen molar-refractivity contribution in [2.24, 2.45) is 5.73 Å². The molecule has 1 aromatic rings. The van der Waals surface area contributed by atoms with Crippen LogP contribution in [0.25, 0.3) is 0 Å². The summed E-state index contributed by atoms with van der Waals surface area (Å²) in [6.45, 7) is 0.445. The lowest BCUT2D eigenvalue weighted by Gasteiger charge is -2.17. The van der Waals surface area contributed by atoms with Crippen molar-refractivity contribution in [1.29, 1.82) is 0 Å². The van der Waals surface area contributed by atoms with Gasteiger partial charge in [-0.2, -0.15) is 0 Å². The van der Waals surface area contributed by atoms with Crippen LogP contribution in [-0.2, 0) is 0 Å². The lowest BCUT2D eigenvalue weighted by Crippen LogP contribution is -2.31. The normalized spacial score (nSPS) is 12.8. The first-order valence-corrected chi connectivity index (χ1v) is 4.68. The van der Waals surface area contributed by atoms with E-state index in [4.69, 9.17) is 10.8 Å². The molecule has 84 valence electrons. The van der Waals surface area contributed by atoms with Gasteiger partial charge in [-0.05, 0) is 6.07 Å². The lowest BCUT2D eigenvalue weighted by atomic mass is 10.1. The van der Waals surface area contributed by atoms with Crippen molar-refractivity contribution < 1.29 is 13.9 Å². The summed E-state index contributed by atoms with van der Waals surface area (Å²) in [7, 11) is 0. The van der Waals surface area contributed by atoms with E-state index in [9.17, 15) is 8.78 Å². The highest BCUT2D eigenvalue weighted by molar-refractivity contribution is 5.22. The number of halogens is 2. The first-order chi connectivity index (χ1) is 7.19. The molecule has 0 fully saturated rings. The van der Waals surface area contributed by atoms with Gasteiger partial charge in [-0.25, -0.2) is 8.78 Å². The summed E-state index contributed by atoms with van der Waals surface area (Å²) in [4.78, 5) is 0. The molecule has 5 heteroatoms. The fraction of sp³-hybridized carbons (Fsp3) is 0.400. The third-order valence-corrected chi connectivity index (χ3v) is 2.08. The van der Waals surface area contributed by atoms with E-state index in [1.165, 1.54) is 12.1 Å². The van der Waals surface area contributed by atoms with Crippen LogP contribution in [0.3, 0.4) is 0 Å². The van der Waals surface area contributed by atoms with E-state index in [0.717, 1.165) is 6.07 Å². The summed E-state index contributed by atoms with van der Waals surface area (Å²) in [5, 5.41) is 11.5. The highest BCUT2D eigenvalue weighted by atomic mass is 19.1. The highest BCUT2D eigenvalue weighted by Gasteiger charge is 2.13. The van der Waals surface area contributed by atoms with Gasteiger partial charge in [0.2, 0.25) is 0 Å². The molecule has 1 aromatic carbocycles. The second kappa shape index (κ2) is 5.75. The molecule has 0 bridgehead atoms. The standard InChI is InChI=1S/C10H14F2N2O/c11-7-1-2-8(9(12)5-7)10(6-13)14-3-4-15/h1-2,5,10,14-15H,3-4,6,13H2. The number of nitrogens with two attached hydrogens (primary N) is 1. The first-order valence-electron chi connectivity index (χ1n) is 4.68. The summed E-state index contributed by atoms with van der Waals surface area (Å²) in [5.74, 6) is -1.25. The van der Waals surface area contributed by atoms with Crippen LogP contribution in [0.2, 0.25) is 0 Å². The third-order valence-electron chi connectivity index (χ3n) is 2.08. The van der Waals surface area contributed by atoms with Gasteiger partial charge in [0.1, 0.15) is 11.6 Å². The van der Waals surface area contributed by atoms with Gasteiger partial charge in [0, 0.05) is 30.8 Å². The topological polar surface area (TPSA) is 58.3 Å². The Kier molecular flexibility index (Phi) is 4.61. The van der Waals surface area contributed by atoms with Crippen LogP contribution in [0, 0.1) is 11.6 Å². The minimum absolute atomic E-state index is 0.0562. The Bertz CT molecular complexity index is 320. The molecule has 0 aromatic heterocycles. The zero-order chi connectivity index (χ0) is 11.3. The fourth-order valence-corrected chi connectivity index (χ4v) is 1.34. The molecule has 0 saturated heterocycles. The quantitative estimate of drug-likeness (QED) is 0.673. The van der Waals surface area contributed by atoms with Crippen molar-refractivity contribution >= 4 is 0 Å². The van der Waals surface area contributed by atoms with E-state index < -0.39 is 17.7 Å². The lowest BCUT2D eigenvalue weighted by molar-refractivity contribution is 0.284. The van der Waals surface area contributed by atoms with Crippen molar-refractivity contribution in [2.75, 3.05) is 19.7 Å². The molecule has 0 radical (unpaired) electrons. The maximum absolute atomic E-state index is 13.3. The molecule has 0 saturated carbocycles. The second-order valence-corrected chi connectivity index (χ2v) is 3.13. The number of benzene rings is 1. The average molecular weight is 216 g/mol. The van der Waals surface area contributed by atoms with E-state index >= 15 is 0 Å². The average Bonchev–Trinajstić information content (AvgIpc) is 2.21. The first kappa shape index (κ1) is 12.0. The van der Waals surface area contributed by atoms with Crippen molar-refractivity contribution in [2.45, 2.75) is 6.04 Å². The van der Waals surface area contributed by atoms with Crippen LogP contribution in [0.15, 0.2) is 18.2 Å². The molecule has 0 heterocycles. The van der Waals surface area contributed by atoms with Gasteiger partial charge in [-0.3, -0.25) is 0 Å². The van der Waals surface area contributed by atoms with Crippen LogP contribution >= 0.6 is 0 Å². The van der Waals surface area contributed by atoms with Crippen LogP contribution in [0.5, 0.6) is 0 Å². The van der Waals surface area contributed by atoms with E-state index in [-0.39, 0.29) is 13.2 Å². The van der Waals surface area contributed by atoms with Crippen molar-refractivity contribution in [1.82, 2.24) is 5.32 Å². The molecular weight excluding hydrogens is 202 g/mol. The predicted molar refractivity (Wildman–Crippen MR) is 53.2 cm³/mol. The van der Waals surface area contributed by atoms with Crippen LogP contribution in [-0.4, -0.2) is 24.8 Å². The number of hydrogen-bond acceptors (Lipinski definition) is 3. The molecule has 4 N–H and O–H groups in total. The second-order valence-electron chi connectivity index (χ2n) is 3.13. The molecular formula is C10H14F2N2O. The van der Waals surface area contributed by atoms with E-state index in [1.807, 2.05) is 0 Å². The van der Waals surface area contributed by atoms with Crippen LogP contribution < -0.4 is 11.1 Å². The number of aliphatic hydroxyl groups is 1. The Morgan fingerprint density at radius 3 is 2.67 bits per heavy atom. The molecule has 1 unspecified atom stereocenters. The Morgan fingerprint density at radius 2 is 2.13 bits per heavy atom. The highest BCUT2D eigenvalue weighted by Crippen LogP contribution is 2.16. The van der Waals surface area contributed by atoms with Gasteiger partial charge in [0.25, 0.3) is 0 Å². The summed E-state index contributed by atoms with van der Waals surface area (Å²) in [6.07, 6.45) is 0. The van der Waals surface area contributed by atoms with Gasteiger partial charge in [0.15, 0.2) is 0 Å². The van der Waals surface area contributed by atoms with Gasteiger partial charge in [-0.1, -0.05) is 6.07 Å². The maximum Gasteiger partial charge on any atom is 0.130 e. The van der Waals surface area contributed by atoms with Crippen LogP contribution in [0.1, 0.15) is 11.6 Å². The van der Waals surface area contributed by atoms with Gasteiger partial charge >= 0.3 is 0 Å². The Morgan fingerprint density at radius 1 is 1.40 bits per heavy atom. The molecule has 0 amide bonds. The zero-order valence-corrected chi connectivity index (χ0v) is 8.21. The fourth-order valence-electron chi connectivity index (χ4n) is 1.34. The largest absolute Gasteiger partial charge is 0.395 e. The van der Waals surface area contributed by atoms with Gasteiger partial charge in [0.05, 0.1) is 6.61 Å². The van der Waals surface area contributed by atoms with Gasteiger partial charge < -0.3 is 16.2 Å². The minimum atomic E-state index is -0.629. The zero-order valence-electron chi connectivity index (χ0n) is 8.21. The summed E-state index contributed by atoms with van der Waals surface area (Å²) in [5.41, 5.74) is 5.76. The van der Waals surface area contributed by atoms with Crippen LogP contribution in [0.4, 0.5) is 8.78 Å². The van der Waals surface area contributed by atoms with Crippen molar-refractivity contribution in [3.63, 3.8) is 0 Å². The minimum Gasteiger partial charge on any atom is -0.395 e. The van der Waals surface area contributed by atoms with Crippen molar-refractivity contribution in [3.05, 3.63) is 35.4 Å². The molecule has 0 aliphatic rings. The number of hydrogen-bond donors (Lipinski definition) is 3. The smallest absolute Gasteiger partial charge is 0.130 e. The van der Waals surface area contributed by atoms with Crippen molar-refractivity contribution in [3.8, 4) is 0 Å². The maximum atomic E-state index is 13.3. The molecule has 15 heavy (non-hydrogen) atoms. The molecule has 3 nitrogen and oxygen atoms in total. The number of nitrogens with one attached hydrogen (secondary N) is 1. The molecule has 0 aliphatic carbocycles. The Hall–Kier alpha value is -1.04. The number of rotatable bonds is 5.